The first-order valence-corrected chi connectivity index (χ1v) is 6.62. The molecule has 2 aromatic rings. The smallest absolute Gasteiger partial charge is 0.262 e. The molecule has 106 valence electrons. The van der Waals surface area contributed by atoms with Gasteiger partial charge in [0.2, 0.25) is 0 Å². The lowest BCUT2D eigenvalue weighted by molar-refractivity contribution is -0.118. The summed E-state index contributed by atoms with van der Waals surface area (Å²) in [6, 6.07) is 4.82. The summed E-state index contributed by atoms with van der Waals surface area (Å²) in [5.74, 6) is 0.121. The molecule has 20 heavy (non-hydrogen) atoms. The molecule has 7 heteroatoms. The third-order valence-electron chi connectivity index (χ3n) is 2.65. The van der Waals surface area contributed by atoms with E-state index in [2.05, 4.69) is 15.5 Å². The second-order valence-electron chi connectivity index (χ2n) is 4.22. The summed E-state index contributed by atoms with van der Waals surface area (Å²) >= 11 is 11.7. The van der Waals surface area contributed by atoms with Crippen LogP contribution in [0.25, 0.3) is 0 Å². The van der Waals surface area contributed by atoms with Crippen LogP contribution in [0, 0.1) is 13.8 Å². The topological polar surface area (TPSA) is 67.0 Å². The van der Waals surface area contributed by atoms with Gasteiger partial charge in [-0.05, 0) is 32.0 Å². The number of anilines is 1. The van der Waals surface area contributed by atoms with Crippen LogP contribution >= 0.6 is 23.2 Å². The Morgan fingerprint density at radius 3 is 2.75 bits per heavy atom. The Morgan fingerprint density at radius 1 is 1.40 bits per heavy atom. The molecule has 5 nitrogen and oxygen atoms in total. The molecular weight excluding hydrogens is 301 g/mol. The normalized spacial score (nSPS) is 10.4. The average Bonchev–Trinajstić information content (AvgIpc) is 2.69. The first-order valence-electron chi connectivity index (χ1n) is 5.86. The summed E-state index contributed by atoms with van der Waals surface area (Å²) in [4.78, 5) is 11.8. The Kier molecular flexibility index (Phi) is 4.52. The molecule has 0 unspecified atom stereocenters. The van der Waals surface area contributed by atoms with E-state index in [4.69, 9.17) is 27.9 Å². The summed E-state index contributed by atoms with van der Waals surface area (Å²) in [5, 5.41) is 10.4. The quantitative estimate of drug-likeness (QED) is 0.909. The minimum absolute atomic E-state index is 0.147. The van der Waals surface area contributed by atoms with Crippen LogP contribution in [0.1, 0.15) is 11.4 Å². The number of carbonyl (C=O) groups is 1. The van der Waals surface area contributed by atoms with Crippen LogP contribution in [0.15, 0.2) is 18.2 Å². The number of aryl methyl sites for hydroxylation is 2. The van der Waals surface area contributed by atoms with E-state index in [-0.39, 0.29) is 12.5 Å². The Bertz CT molecular complexity index is 621. The third-order valence-corrected chi connectivity index (χ3v) is 3.18. The lowest BCUT2D eigenvalue weighted by atomic mass is 10.3. The van der Waals surface area contributed by atoms with Crippen molar-refractivity contribution in [2.24, 2.45) is 0 Å². The number of aromatic nitrogens is 2. The van der Waals surface area contributed by atoms with Crippen LogP contribution in [0.3, 0.4) is 0 Å². The van der Waals surface area contributed by atoms with Gasteiger partial charge in [-0.1, -0.05) is 23.2 Å². The molecule has 2 rings (SSSR count). The van der Waals surface area contributed by atoms with Gasteiger partial charge in [0, 0.05) is 5.02 Å². The van der Waals surface area contributed by atoms with Gasteiger partial charge in [0.15, 0.2) is 6.61 Å². The van der Waals surface area contributed by atoms with Crippen molar-refractivity contribution < 1.29 is 9.53 Å². The second kappa shape index (κ2) is 6.15. The van der Waals surface area contributed by atoms with Gasteiger partial charge in [-0.2, -0.15) is 5.10 Å². The number of nitrogens with one attached hydrogen (secondary N) is 2. The molecule has 0 fully saturated rings. The molecule has 2 N–H and O–H groups in total. The van der Waals surface area contributed by atoms with Gasteiger partial charge in [-0.25, -0.2) is 0 Å². The Hall–Kier alpha value is -1.72. The van der Waals surface area contributed by atoms with Crippen molar-refractivity contribution in [1.82, 2.24) is 10.2 Å². The highest BCUT2D eigenvalue weighted by Gasteiger charge is 2.11. The highest BCUT2D eigenvalue weighted by Crippen LogP contribution is 2.27. The number of hydrogen-bond acceptors (Lipinski definition) is 3. The van der Waals surface area contributed by atoms with Crippen LogP contribution in [0.4, 0.5) is 5.69 Å². The molecule has 0 saturated carbocycles. The minimum Gasteiger partial charge on any atom is -0.482 e. The molecule has 0 radical (unpaired) electrons. The molecule has 0 atom stereocenters. The number of nitrogens with zero attached hydrogens (tertiary/aromatic N) is 1. The first kappa shape index (κ1) is 14.7. The van der Waals surface area contributed by atoms with Gasteiger partial charge in [-0.3, -0.25) is 9.89 Å². The number of amides is 1. The maximum absolute atomic E-state index is 11.8. The van der Waals surface area contributed by atoms with Crippen LogP contribution in [0.5, 0.6) is 5.75 Å². The van der Waals surface area contributed by atoms with Gasteiger partial charge in [0.25, 0.3) is 5.91 Å². The lowest BCUT2D eigenvalue weighted by Crippen LogP contribution is -2.20. The monoisotopic (exact) mass is 313 g/mol. The Morgan fingerprint density at radius 2 is 2.15 bits per heavy atom. The number of rotatable bonds is 4. The van der Waals surface area contributed by atoms with E-state index >= 15 is 0 Å². The highest BCUT2D eigenvalue weighted by atomic mass is 35.5. The number of benzene rings is 1. The van der Waals surface area contributed by atoms with E-state index in [1.807, 2.05) is 6.92 Å². The molecule has 1 amide bonds. The van der Waals surface area contributed by atoms with Crippen molar-refractivity contribution in [3.05, 3.63) is 39.6 Å². The van der Waals surface area contributed by atoms with E-state index in [9.17, 15) is 4.79 Å². The van der Waals surface area contributed by atoms with E-state index in [1.165, 1.54) is 0 Å². The molecule has 1 aromatic carbocycles. The van der Waals surface area contributed by atoms with Crippen molar-refractivity contribution >= 4 is 34.8 Å². The number of aromatic amines is 1. The molecule has 1 heterocycles. The van der Waals surface area contributed by atoms with Crippen LogP contribution in [-0.4, -0.2) is 22.7 Å². The standard InChI is InChI=1S/C13H13Cl2N3O2/c1-7-13(8(2)18-17-7)16-12(19)6-20-11-4-3-9(14)5-10(11)15/h3-5H,6H2,1-2H3,(H,16,19)(H,17,18). The highest BCUT2D eigenvalue weighted by molar-refractivity contribution is 6.35. The molecule has 0 bridgehead atoms. The number of H-pyrrole nitrogens is 1. The summed E-state index contributed by atoms with van der Waals surface area (Å²) < 4.78 is 5.35. The van der Waals surface area contributed by atoms with Crippen molar-refractivity contribution in [3.8, 4) is 5.75 Å². The zero-order valence-electron chi connectivity index (χ0n) is 11.0. The second-order valence-corrected chi connectivity index (χ2v) is 5.06. The number of carbonyl (C=O) groups excluding carboxylic acids is 1. The predicted molar refractivity (Wildman–Crippen MR) is 78.6 cm³/mol. The molecule has 1 aromatic heterocycles. The van der Waals surface area contributed by atoms with Crippen molar-refractivity contribution in [2.45, 2.75) is 13.8 Å². The largest absolute Gasteiger partial charge is 0.482 e. The number of hydrogen-bond donors (Lipinski definition) is 2. The fourth-order valence-corrected chi connectivity index (χ4v) is 2.11. The number of halogens is 2. The van der Waals surface area contributed by atoms with Gasteiger partial charge >= 0.3 is 0 Å². The molecule has 0 aliphatic rings. The predicted octanol–water partition coefficient (Wildman–Crippen LogP) is 3.35. The molecule has 0 saturated heterocycles. The van der Waals surface area contributed by atoms with Crippen molar-refractivity contribution in [2.75, 3.05) is 11.9 Å². The summed E-state index contributed by atoms with van der Waals surface area (Å²) in [6.07, 6.45) is 0. The van der Waals surface area contributed by atoms with Crippen LogP contribution in [-0.2, 0) is 4.79 Å². The zero-order chi connectivity index (χ0) is 14.7. The van der Waals surface area contributed by atoms with E-state index < -0.39 is 0 Å². The van der Waals surface area contributed by atoms with Crippen LogP contribution < -0.4 is 10.1 Å². The van der Waals surface area contributed by atoms with Crippen LogP contribution in [0.2, 0.25) is 10.0 Å². The third kappa shape index (κ3) is 3.43. The lowest BCUT2D eigenvalue weighted by Gasteiger charge is -2.09. The summed E-state index contributed by atoms with van der Waals surface area (Å²) in [6.45, 7) is 3.48. The molecule has 0 spiro atoms. The van der Waals surface area contributed by atoms with E-state index in [0.29, 0.717) is 21.5 Å². The van der Waals surface area contributed by atoms with Crippen molar-refractivity contribution in [1.29, 1.82) is 0 Å². The summed E-state index contributed by atoms with van der Waals surface area (Å²) in [5.41, 5.74) is 2.18. The molecule has 0 aliphatic carbocycles. The Balaban J connectivity index is 1.96. The van der Waals surface area contributed by atoms with E-state index in [0.717, 1.165) is 11.4 Å². The van der Waals surface area contributed by atoms with Gasteiger partial charge in [-0.15, -0.1) is 0 Å². The van der Waals surface area contributed by atoms with Gasteiger partial charge in [0.05, 0.1) is 22.1 Å². The fraction of sp³-hybridized carbons (Fsp3) is 0.231. The first-order chi connectivity index (χ1) is 9.47. The summed E-state index contributed by atoms with van der Waals surface area (Å²) in [7, 11) is 0. The SMILES string of the molecule is Cc1n[nH]c(C)c1NC(=O)COc1ccc(Cl)cc1Cl. The van der Waals surface area contributed by atoms with E-state index in [1.54, 1.807) is 25.1 Å². The zero-order valence-corrected chi connectivity index (χ0v) is 12.5. The molecular formula is C13H13Cl2N3O2. The van der Waals surface area contributed by atoms with Gasteiger partial charge in [0.1, 0.15) is 5.75 Å². The van der Waals surface area contributed by atoms with Gasteiger partial charge < -0.3 is 10.1 Å². The number of ether oxygens (including phenoxy) is 1. The minimum atomic E-state index is -0.288. The van der Waals surface area contributed by atoms with Crippen molar-refractivity contribution in [3.63, 3.8) is 0 Å². The maximum Gasteiger partial charge on any atom is 0.262 e. The maximum atomic E-state index is 11.8. The average molecular weight is 314 g/mol. The fourth-order valence-electron chi connectivity index (χ4n) is 1.65. The molecule has 0 aliphatic heterocycles. The Labute approximate surface area is 126 Å².